The van der Waals surface area contributed by atoms with Gasteiger partial charge in [-0.25, -0.2) is 4.98 Å². The molecular formula is C29H22N2OS2. The van der Waals surface area contributed by atoms with Gasteiger partial charge in [-0.3, -0.25) is 4.79 Å². The molecule has 2 heterocycles. The Morgan fingerprint density at radius 1 is 0.882 bits per heavy atom. The first-order valence-electron chi connectivity index (χ1n) is 11.5. The van der Waals surface area contributed by atoms with E-state index in [-0.39, 0.29) is 17.7 Å². The summed E-state index contributed by atoms with van der Waals surface area (Å²) < 4.78 is 1.25. The molecule has 1 N–H and O–H groups in total. The van der Waals surface area contributed by atoms with Gasteiger partial charge >= 0.3 is 0 Å². The van der Waals surface area contributed by atoms with E-state index >= 15 is 0 Å². The first-order chi connectivity index (χ1) is 16.6. The molecule has 3 aromatic carbocycles. The molecule has 166 valence electrons. The molecule has 5 heteroatoms. The van der Waals surface area contributed by atoms with Gasteiger partial charge in [-0.1, -0.05) is 66.7 Å². The molecule has 0 saturated carbocycles. The minimum absolute atomic E-state index is 0.0464. The van der Waals surface area contributed by atoms with E-state index in [1.165, 1.54) is 43.7 Å². The molecule has 8 rings (SSSR count). The number of thiophene rings is 1. The van der Waals surface area contributed by atoms with Crippen LogP contribution in [0.25, 0.3) is 21.3 Å². The summed E-state index contributed by atoms with van der Waals surface area (Å²) in [6.45, 7) is 2.13. The number of thiazole rings is 1. The van der Waals surface area contributed by atoms with Crippen molar-refractivity contribution in [1.82, 2.24) is 4.98 Å². The van der Waals surface area contributed by atoms with Crippen LogP contribution >= 0.6 is 22.7 Å². The molecule has 3 aliphatic rings. The monoisotopic (exact) mass is 478 g/mol. The van der Waals surface area contributed by atoms with E-state index in [2.05, 4.69) is 90.4 Å². The van der Waals surface area contributed by atoms with Crippen molar-refractivity contribution in [2.45, 2.75) is 25.2 Å². The van der Waals surface area contributed by atoms with E-state index in [1.807, 2.05) is 5.38 Å². The Balaban J connectivity index is 1.24. The Morgan fingerprint density at radius 3 is 2.26 bits per heavy atom. The van der Waals surface area contributed by atoms with Crippen LogP contribution in [0.15, 0.2) is 83.6 Å². The van der Waals surface area contributed by atoms with Crippen LogP contribution in [0.5, 0.6) is 0 Å². The van der Waals surface area contributed by atoms with E-state index in [9.17, 15) is 4.79 Å². The molecule has 0 saturated heterocycles. The van der Waals surface area contributed by atoms with Gasteiger partial charge in [0.1, 0.15) is 0 Å². The number of carbonyl (C=O) groups is 1. The molecule has 2 aromatic heterocycles. The zero-order chi connectivity index (χ0) is 22.9. The van der Waals surface area contributed by atoms with Crippen LogP contribution in [-0.4, -0.2) is 10.9 Å². The number of hydrogen-bond donors (Lipinski definition) is 1. The Bertz CT molecular complexity index is 1530. The lowest BCUT2D eigenvalue weighted by molar-refractivity contribution is -0.126. The van der Waals surface area contributed by atoms with Crippen molar-refractivity contribution >= 4 is 43.8 Å². The number of benzene rings is 3. The number of hydrogen-bond acceptors (Lipinski definition) is 4. The lowest BCUT2D eigenvalue weighted by atomic mass is 9.52. The number of rotatable bonds is 3. The molecule has 3 aliphatic carbocycles. The molecule has 0 radical (unpaired) electrons. The number of carbonyl (C=O) groups excluding carboxylic acids is 1. The maximum Gasteiger partial charge on any atom is 0.233 e. The van der Waals surface area contributed by atoms with Crippen LogP contribution in [0, 0.1) is 5.41 Å². The molecule has 0 spiro atoms. The van der Waals surface area contributed by atoms with Crippen LogP contribution in [0.4, 0.5) is 5.13 Å². The van der Waals surface area contributed by atoms with Crippen molar-refractivity contribution in [2.24, 2.45) is 5.41 Å². The maximum absolute atomic E-state index is 13.9. The summed E-state index contributed by atoms with van der Waals surface area (Å²) in [5.41, 5.74) is 6.84. The Kier molecular flexibility index (Phi) is 4.36. The third kappa shape index (κ3) is 2.80. The fourth-order valence-electron chi connectivity index (χ4n) is 6.06. The molecule has 0 aliphatic heterocycles. The second kappa shape index (κ2) is 7.36. The average molecular weight is 479 g/mol. The van der Waals surface area contributed by atoms with Crippen LogP contribution in [0.2, 0.25) is 0 Å². The van der Waals surface area contributed by atoms with Gasteiger partial charge < -0.3 is 5.32 Å². The fourth-order valence-corrected chi connectivity index (χ4v) is 7.72. The molecule has 1 unspecified atom stereocenters. The van der Waals surface area contributed by atoms with Gasteiger partial charge in [0.05, 0.1) is 11.1 Å². The fraction of sp³-hybridized carbons (Fsp3) is 0.172. The summed E-state index contributed by atoms with van der Waals surface area (Å²) in [6.07, 6.45) is 0.810. The molecule has 1 amide bonds. The van der Waals surface area contributed by atoms with Gasteiger partial charge in [0.25, 0.3) is 0 Å². The van der Waals surface area contributed by atoms with Crippen molar-refractivity contribution in [3.8, 4) is 11.3 Å². The van der Waals surface area contributed by atoms with Crippen LogP contribution in [0.1, 0.15) is 47.4 Å². The van der Waals surface area contributed by atoms with Crippen molar-refractivity contribution in [2.75, 3.05) is 5.32 Å². The lowest BCUT2D eigenvalue weighted by Gasteiger charge is -2.50. The third-order valence-electron chi connectivity index (χ3n) is 7.63. The van der Waals surface area contributed by atoms with Gasteiger partial charge in [0, 0.05) is 38.2 Å². The average Bonchev–Trinajstić information content (AvgIpc) is 3.51. The summed E-state index contributed by atoms with van der Waals surface area (Å²) >= 11 is 3.23. The predicted octanol–water partition coefficient (Wildman–Crippen LogP) is 7.65. The van der Waals surface area contributed by atoms with Crippen LogP contribution in [0.3, 0.4) is 0 Å². The predicted molar refractivity (Wildman–Crippen MR) is 141 cm³/mol. The van der Waals surface area contributed by atoms with Gasteiger partial charge in [-0.15, -0.1) is 22.7 Å². The van der Waals surface area contributed by atoms with Crippen molar-refractivity contribution in [3.05, 3.63) is 106 Å². The van der Waals surface area contributed by atoms with Crippen molar-refractivity contribution < 1.29 is 4.79 Å². The van der Waals surface area contributed by atoms with E-state index in [1.54, 1.807) is 11.3 Å². The Morgan fingerprint density at radius 2 is 1.53 bits per heavy atom. The number of nitrogens with zero attached hydrogens (tertiary/aromatic N) is 1. The molecule has 0 fully saturated rings. The summed E-state index contributed by atoms with van der Waals surface area (Å²) in [5.74, 6) is 0.352. The highest BCUT2D eigenvalue weighted by molar-refractivity contribution is 7.18. The highest BCUT2D eigenvalue weighted by Crippen LogP contribution is 2.61. The zero-order valence-corrected chi connectivity index (χ0v) is 20.2. The summed E-state index contributed by atoms with van der Waals surface area (Å²) in [5, 5.41) is 9.27. The lowest BCUT2D eigenvalue weighted by Crippen LogP contribution is -2.47. The van der Waals surface area contributed by atoms with Gasteiger partial charge in [-0.05, 0) is 41.7 Å². The zero-order valence-electron chi connectivity index (χ0n) is 18.6. The summed E-state index contributed by atoms with van der Waals surface area (Å²) in [7, 11) is 0. The van der Waals surface area contributed by atoms with E-state index in [0.29, 0.717) is 5.13 Å². The second-order valence-electron chi connectivity index (χ2n) is 9.50. The van der Waals surface area contributed by atoms with Crippen molar-refractivity contribution in [1.29, 1.82) is 0 Å². The molecule has 1 atom stereocenters. The maximum atomic E-state index is 13.9. The first-order valence-corrected chi connectivity index (χ1v) is 13.3. The van der Waals surface area contributed by atoms with Crippen molar-refractivity contribution in [3.63, 3.8) is 0 Å². The van der Waals surface area contributed by atoms with Gasteiger partial charge in [0.2, 0.25) is 5.91 Å². The molecule has 2 bridgehead atoms. The number of fused-ring (bicyclic) bond motifs is 2. The Labute approximate surface area is 206 Å². The van der Waals surface area contributed by atoms with Crippen LogP contribution in [-0.2, 0) is 4.79 Å². The van der Waals surface area contributed by atoms with Gasteiger partial charge in [0.15, 0.2) is 5.13 Å². The standard InChI is InChI=1S/C29H22N2OS2/c1-29(14-22-17-8-2-4-11-20(17)26(29)21-12-5-3-9-18(21)22)27(32)31-28-30-24(16-34-28)23-15-33-25-13-7-6-10-19(23)25/h2-13,15-16,22,26H,14H2,1H3,(H,30,31,32). The smallest absolute Gasteiger partial charge is 0.233 e. The summed E-state index contributed by atoms with van der Waals surface area (Å²) in [6, 6.07) is 25.7. The molecule has 5 aromatic rings. The number of amides is 1. The molecular weight excluding hydrogens is 456 g/mol. The SMILES string of the molecule is CC1(C(=O)Nc2nc(-c3csc4ccccc34)cs2)CC2c3ccccc3C1c1ccccc12. The topological polar surface area (TPSA) is 42.0 Å². The summed E-state index contributed by atoms with van der Waals surface area (Å²) in [4.78, 5) is 18.7. The minimum atomic E-state index is -0.533. The Hall–Kier alpha value is -3.28. The quantitative estimate of drug-likeness (QED) is 0.289. The normalized spacial score (nSPS) is 22.4. The molecule has 34 heavy (non-hydrogen) atoms. The van der Waals surface area contributed by atoms with E-state index in [0.717, 1.165) is 17.7 Å². The second-order valence-corrected chi connectivity index (χ2v) is 11.3. The number of anilines is 1. The van der Waals surface area contributed by atoms with Crippen LogP contribution < -0.4 is 5.32 Å². The highest BCUT2D eigenvalue weighted by atomic mass is 32.1. The van der Waals surface area contributed by atoms with Gasteiger partial charge in [-0.2, -0.15) is 0 Å². The third-order valence-corrected chi connectivity index (χ3v) is 9.35. The number of nitrogens with one attached hydrogen (secondary N) is 1. The highest BCUT2D eigenvalue weighted by Gasteiger charge is 2.53. The van der Waals surface area contributed by atoms with E-state index in [4.69, 9.17) is 4.98 Å². The number of aromatic nitrogens is 1. The molecule has 3 nitrogen and oxygen atoms in total. The first kappa shape index (κ1) is 20.1. The van der Waals surface area contributed by atoms with E-state index < -0.39 is 5.41 Å². The minimum Gasteiger partial charge on any atom is -0.301 e. The largest absolute Gasteiger partial charge is 0.301 e.